The van der Waals surface area contributed by atoms with E-state index < -0.39 is 0 Å². The van der Waals surface area contributed by atoms with Gasteiger partial charge in [0, 0.05) is 10.8 Å². The van der Waals surface area contributed by atoms with Gasteiger partial charge in [0.15, 0.2) is 0 Å². The average molecular weight is 298 g/mol. The minimum Gasteiger partial charge on any atom is -0.465 e. The first-order valence-corrected chi connectivity index (χ1v) is 7.88. The lowest BCUT2D eigenvalue weighted by Gasteiger charge is -2.11. The first-order valence-electron chi connectivity index (χ1n) is 7.88. The Bertz CT molecular complexity index is 884. The molecule has 0 atom stereocenters. The molecule has 1 heteroatoms. The summed E-state index contributed by atoms with van der Waals surface area (Å²) in [6, 6.07) is 25.6. The minimum atomic E-state index is 0.981. The number of aryl methyl sites for hydroxylation is 2. The number of fused-ring (bicyclic) bond motifs is 1. The second kappa shape index (κ2) is 5.44. The zero-order chi connectivity index (χ0) is 15.8. The summed E-state index contributed by atoms with van der Waals surface area (Å²) in [4.78, 5) is 0. The maximum absolute atomic E-state index is 5.85. The highest BCUT2D eigenvalue weighted by atomic mass is 16.3. The van der Waals surface area contributed by atoms with Crippen LogP contribution >= 0.6 is 0 Å². The van der Waals surface area contributed by atoms with Gasteiger partial charge in [-0.3, -0.25) is 0 Å². The number of furan rings is 1. The van der Waals surface area contributed by atoms with Crippen LogP contribution in [0, 0.1) is 13.8 Å². The topological polar surface area (TPSA) is 13.1 Å². The summed E-state index contributed by atoms with van der Waals surface area (Å²) < 4.78 is 5.85. The van der Waals surface area contributed by atoms with Crippen LogP contribution in [0.3, 0.4) is 0 Å². The first-order chi connectivity index (χ1) is 11.2. The van der Waals surface area contributed by atoms with Crippen molar-refractivity contribution in [2.45, 2.75) is 13.8 Å². The molecular weight excluding hydrogens is 280 g/mol. The molecule has 1 heterocycles. The zero-order valence-corrected chi connectivity index (χ0v) is 13.3. The summed E-state index contributed by atoms with van der Waals surface area (Å²) in [6.07, 6.45) is 0. The van der Waals surface area contributed by atoms with E-state index in [2.05, 4.69) is 72.8 Å². The molecule has 112 valence electrons. The Morgan fingerprint density at radius 2 is 0.957 bits per heavy atom. The summed E-state index contributed by atoms with van der Waals surface area (Å²) in [5, 5.41) is 2.39. The lowest BCUT2D eigenvalue weighted by molar-refractivity contribution is 0.510. The molecule has 0 unspecified atom stereocenters. The fourth-order valence-corrected chi connectivity index (χ4v) is 3.23. The van der Waals surface area contributed by atoms with E-state index in [0.717, 1.165) is 11.5 Å². The Balaban J connectivity index is 2.08. The summed E-state index contributed by atoms with van der Waals surface area (Å²) in [5.74, 6) is 1.96. The Kier molecular flexibility index (Phi) is 3.27. The molecule has 0 bridgehead atoms. The van der Waals surface area contributed by atoms with Crippen molar-refractivity contribution in [1.82, 2.24) is 0 Å². The van der Waals surface area contributed by atoms with E-state index in [4.69, 9.17) is 4.42 Å². The summed E-state index contributed by atoms with van der Waals surface area (Å²) in [6.45, 7) is 4.07. The van der Waals surface area contributed by atoms with Crippen LogP contribution < -0.4 is 0 Å². The molecule has 0 aliphatic rings. The van der Waals surface area contributed by atoms with Crippen LogP contribution in [0.1, 0.15) is 11.5 Å². The molecule has 0 saturated heterocycles. The summed E-state index contributed by atoms with van der Waals surface area (Å²) >= 11 is 0. The molecule has 0 saturated carbocycles. The van der Waals surface area contributed by atoms with Crippen LogP contribution in [0.5, 0.6) is 0 Å². The van der Waals surface area contributed by atoms with Crippen LogP contribution in [0.4, 0.5) is 0 Å². The maximum atomic E-state index is 5.85. The third kappa shape index (κ3) is 2.35. The molecule has 0 spiro atoms. The van der Waals surface area contributed by atoms with Gasteiger partial charge >= 0.3 is 0 Å². The third-order valence-electron chi connectivity index (χ3n) is 4.39. The highest BCUT2D eigenvalue weighted by Crippen LogP contribution is 2.38. The highest BCUT2D eigenvalue weighted by Gasteiger charge is 2.14. The lowest BCUT2D eigenvalue weighted by Crippen LogP contribution is -1.86. The van der Waals surface area contributed by atoms with Gasteiger partial charge in [-0.15, -0.1) is 0 Å². The van der Waals surface area contributed by atoms with Gasteiger partial charge in [-0.25, -0.2) is 0 Å². The van der Waals surface area contributed by atoms with E-state index in [1.165, 1.54) is 33.0 Å². The van der Waals surface area contributed by atoms with Crippen molar-refractivity contribution in [3.8, 4) is 22.3 Å². The van der Waals surface area contributed by atoms with E-state index in [0.29, 0.717) is 0 Å². The molecule has 23 heavy (non-hydrogen) atoms. The second-order valence-corrected chi connectivity index (χ2v) is 5.89. The predicted octanol–water partition coefficient (Wildman–Crippen LogP) is 6.38. The molecule has 0 amide bonds. The van der Waals surface area contributed by atoms with Gasteiger partial charge < -0.3 is 4.42 Å². The van der Waals surface area contributed by atoms with E-state index in [1.54, 1.807) is 0 Å². The van der Waals surface area contributed by atoms with Crippen molar-refractivity contribution in [3.05, 3.63) is 84.3 Å². The highest BCUT2D eigenvalue weighted by molar-refractivity contribution is 5.98. The molecule has 0 aliphatic carbocycles. The van der Waals surface area contributed by atoms with Gasteiger partial charge in [0.2, 0.25) is 0 Å². The standard InChI is InChI=1S/C22H18O/c1-15-19-13-21(17-9-5-3-6-10-17)22(14-20(19)16(2)23-15)18-11-7-4-8-12-18/h3-14H,1-2H3. The van der Waals surface area contributed by atoms with Crippen molar-refractivity contribution in [2.24, 2.45) is 0 Å². The molecule has 3 aromatic carbocycles. The normalized spacial score (nSPS) is 11.0. The van der Waals surface area contributed by atoms with Crippen LogP contribution in [0.25, 0.3) is 33.0 Å². The Labute approximate surface area is 136 Å². The van der Waals surface area contributed by atoms with Crippen molar-refractivity contribution in [3.63, 3.8) is 0 Å². The smallest absolute Gasteiger partial charge is 0.108 e. The molecule has 0 aliphatic heterocycles. The van der Waals surface area contributed by atoms with Gasteiger partial charge in [-0.1, -0.05) is 60.7 Å². The fourth-order valence-electron chi connectivity index (χ4n) is 3.23. The summed E-state index contributed by atoms with van der Waals surface area (Å²) in [7, 11) is 0. The molecule has 0 fully saturated rings. The molecule has 1 nitrogen and oxygen atoms in total. The Morgan fingerprint density at radius 1 is 0.565 bits per heavy atom. The first kappa shape index (κ1) is 13.8. The molecule has 1 aromatic heterocycles. The largest absolute Gasteiger partial charge is 0.465 e. The molecule has 4 aromatic rings. The van der Waals surface area contributed by atoms with E-state index >= 15 is 0 Å². The van der Waals surface area contributed by atoms with Crippen LogP contribution in [-0.2, 0) is 0 Å². The van der Waals surface area contributed by atoms with Crippen molar-refractivity contribution >= 4 is 10.8 Å². The van der Waals surface area contributed by atoms with Gasteiger partial charge in [-0.05, 0) is 48.2 Å². The van der Waals surface area contributed by atoms with E-state index in [1.807, 2.05) is 13.8 Å². The van der Waals surface area contributed by atoms with Gasteiger partial charge in [0.05, 0.1) is 0 Å². The molecule has 0 radical (unpaired) electrons. The van der Waals surface area contributed by atoms with E-state index in [9.17, 15) is 0 Å². The van der Waals surface area contributed by atoms with Crippen molar-refractivity contribution in [2.75, 3.05) is 0 Å². The number of hydrogen-bond donors (Lipinski definition) is 0. The second-order valence-electron chi connectivity index (χ2n) is 5.89. The van der Waals surface area contributed by atoms with Gasteiger partial charge in [0.25, 0.3) is 0 Å². The monoisotopic (exact) mass is 298 g/mol. The van der Waals surface area contributed by atoms with E-state index in [-0.39, 0.29) is 0 Å². The SMILES string of the molecule is Cc1oc(C)c2cc(-c3ccccc3)c(-c3ccccc3)cc12. The predicted molar refractivity (Wildman–Crippen MR) is 96.6 cm³/mol. The average Bonchev–Trinajstić information content (AvgIpc) is 2.89. The van der Waals surface area contributed by atoms with Crippen LogP contribution in [-0.4, -0.2) is 0 Å². The Morgan fingerprint density at radius 3 is 1.35 bits per heavy atom. The van der Waals surface area contributed by atoms with Gasteiger partial charge in [-0.2, -0.15) is 0 Å². The third-order valence-corrected chi connectivity index (χ3v) is 4.39. The number of hydrogen-bond acceptors (Lipinski definition) is 1. The van der Waals surface area contributed by atoms with Gasteiger partial charge in [0.1, 0.15) is 11.5 Å². The fraction of sp³-hybridized carbons (Fsp3) is 0.0909. The molecule has 0 N–H and O–H groups in total. The zero-order valence-electron chi connectivity index (χ0n) is 13.3. The van der Waals surface area contributed by atoms with Crippen molar-refractivity contribution < 1.29 is 4.42 Å². The molecule has 4 rings (SSSR count). The maximum Gasteiger partial charge on any atom is 0.108 e. The summed E-state index contributed by atoms with van der Waals surface area (Å²) in [5.41, 5.74) is 4.94. The number of benzene rings is 3. The molecular formula is C22H18O. The minimum absolute atomic E-state index is 0.981. The lowest BCUT2D eigenvalue weighted by atomic mass is 9.92. The number of rotatable bonds is 2. The van der Waals surface area contributed by atoms with Crippen LogP contribution in [0.2, 0.25) is 0 Å². The Hall–Kier alpha value is -2.80. The quantitative estimate of drug-likeness (QED) is 0.418. The van der Waals surface area contributed by atoms with Crippen molar-refractivity contribution in [1.29, 1.82) is 0 Å². The van der Waals surface area contributed by atoms with Crippen LogP contribution in [0.15, 0.2) is 77.2 Å².